The minimum atomic E-state index is -0.124. The van der Waals surface area contributed by atoms with Crippen LogP contribution in [-0.2, 0) is 13.1 Å². The number of rotatable bonds is 4. The van der Waals surface area contributed by atoms with E-state index >= 15 is 0 Å². The van der Waals surface area contributed by atoms with Crippen LogP contribution in [-0.4, -0.2) is 45.0 Å². The van der Waals surface area contributed by atoms with Crippen LogP contribution in [0.25, 0.3) is 11.4 Å². The maximum Gasteiger partial charge on any atom is 0.318 e. The molecule has 2 aliphatic carbocycles. The molecule has 0 spiro atoms. The molecule has 1 aromatic heterocycles. The number of hydrogen-bond acceptors (Lipinski definition) is 3. The fourth-order valence-electron chi connectivity index (χ4n) is 7.31. The first kappa shape index (κ1) is 23.9. The van der Waals surface area contributed by atoms with E-state index in [1.165, 1.54) is 6.42 Å². The van der Waals surface area contributed by atoms with Gasteiger partial charge in [0.15, 0.2) is 5.69 Å². The number of aromatic nitrogens is 2. The average Bonchev–Trinajstić information content (AvgIpc) is 3.38. The lowest BCUT2D eigenvalue weighted by atomic mass is 9.68. The van der Waals surface area contributed by atoms with Crippen LogP contribution in [0.5, 0.6) is 0 Å². The highest BCUT2D eigenvalue weighted by Crippen LogP contribution is 2.65. The SMILES string of the molecule is CC(C)NC(=O)N1CCn2c(-c3ccccc3)nc(C(=O)NC3C(C)(C)C4CCC3(C)[C@H]4C)c2C1. The number of imidazole rings is 1. The van der Waals surface area contributed by atoms with Crippen molar-refractivity contribution in [3.63, 3.8) is 0 Å². The highest BCUT2D eigenvalue weighted by Gasteiger charge is 2.64. The average molecular weight is 478 g/mol. The van der Waals surface area contributed by atoms with E-state index in [2.05, 4.69) is 42.9 Å². The molecule has 3 amide bonds. The molecular formula is C28H39N5O2. The summed E-state index contributed by atoms with van der Waals surface area (Å²) in [6.45, 7) is 14.8. The second kappa shape index (κ2) is 8.38. The molecule has 2 N–H and O–H groups in total. The summed E-state index contributed by atoms with van der Waals surface area (Å²) in [5.74, 6) is 1.86. The van der Waals surface area contributed by atoms with Gasteiger partial charge in [-0.3, -0.25) is 4.79 Å². The third kappa shape index (κ3) is 3.74. The summed E-state index contributed by atoms with van der Waals surface area (Å²) < 4.78 is 2.12. The van der Waals surface area contributed by atoms with Crippen molar-refractivity contribution in [2.75, 3.05) is 6.54 Å². The van der Waals surface area contributed by atoms with E-state index in [0.717, 1.165) is 23.5 Å². The minimum Gasteiger partial charge on any atom is -0.347 e. The summed E-state index contributed by atoms with van der Waals surface area (Å²) in [5, 5.41) is 6.43. The van der Waals surface area contributed by atoms with Gasteiger partial charge in [0, 0.05) is 30.7 Å². The normalized spacial score (nSPS) is 28.8. The van der Waals surface area contributed by atoms with Gasteiger partial charge in [-0.05, 0) is 49.4 Å². The zero-order chi connectivity index (χ0) is 25.1. The molecule has 7 heteroatoms. The summed E-state index contributed by atoms with van der Waals surface area (Å²) >= 11 is 0. The Kier molecular flexibility index (Phi) is 5.72. The molecule has 35 heavy (non-hydrogen) atoms. The molecule has 2 fully saturated rings. The number of hydrogen-bond donors (Lipinski definition) is 2. The first-order valence-corrected chi connectivity index (χ1v) is 13.0. The van der Waals surface area contributed by atoms with E-state index in [1.54, 1.807) is 4.90 Å². The van der Waals surface area contributed by atoms with E-state index < -0.39 is 0 Å². The number of nitrogens with one attached hydrogen (secondary N) is 2. The van der Waals surface area contributed by atoms with Gasteiger partial charge in [-0.1, -0.05) is 58.0 Å². The highest BCUT2D eigenvalue weighted by molar-refractivity contribution is 5.95. The Hall–Kier alpha value is -2.83. The van der Waals surface area contributed by atoms with E-state index in [1.807, 2.05) is 44.2 Å². The Morgan fingerprint density at radius 1 is 1.11 bits per heavy atom. The maximum absolute atomic E-state index is 13.9. The Morgan fingerprint density at radius 2 is 1.83 bits per heavy atom. The number of nitrogens with zero attached hydrogens (tertiary/aromatic N) is 3. The van der Waals surface area contributed by atoms with Gasteiger partial charge >= 0.3 is 6.03 Å². The number of carbonyl (C=O) groups excluding carboxylic acids is 2. The van der Waals surface area contributed by atoms with Crippen molar-refractivity contribution in [2.24, 2.45) is 22.7 Å². The molecule has 1 aromatic carbocycles. The van der Waals surface area contributed by atoms with Crippen LogP contribution in [0, 0.1) is 22.7 Å². The van der Waals surface area contributed by atoms with E-state index in [-0.39, 0.29) is 34.9 Å². The van der Waals surface area contributed by atoms with Crippen molar-refractivity contribution in [1.29, 1.82) is 0 Å². The predicted molar refractivity (Wildman–Crippen MR) is 137 cm³/mol. The molecule has 2 bridgehead atoms. The highest BCUT2D eigenvalue weighted by atomic mass is 16.2. The molecule has 0 saturated heterocycles. The van der Waals surface area contributed by atoms with Crippen LogP contribution in [0.3, 0.4) is 0 Å². The molecule has 7 nitrogen and oxygen atoms in total. The van der Waals surface area contributed by atoms with Crippen LogP contribution in [0.1, 0.15) is 70.6 Å². The van der Waals surface area contributed by atoms with Gasteiger partial charge in [0.05, 0.1) is 12.2 Å². The molecule has 1 aliphatic heterocycles. The van der Waals surface area contributed by atoms with Crippen LogP contribution in [0.15, 0.2) is 30.3 Å². The number of carbonyl (C=O) groups is 2. The molecule has 2 aromatic rings. The van der Waals surface area contributed by atoms with Gasteiger partial charge in [-0.15, -0.1) is 0 Å². The van der Waals surface area contributed by atoms with Crippen LogP contribution in [0.4, 0.5) is 4.79 Å². The van der Waals surface area contributed by atoms with Gasteiger partial charge < -0.3 is 20.1 Å². The van der Waals surface area contributed by atoms with Crippen molar-refractivity contribution >= 4 is 11.9 Å². The number of fused-ring (bicyclic) bond motifs is 3. The summed E-state index contributed by atoms with van der Waals surface area (Å²) in [6.07, 6.45) is 2.38. The Balaban J connectivity index is 1.50. The second-order valence-corrected chi connectivity index (χ2v) is 11.9. The Bertz CT molecular complexity index is 1140. The largest absolute Gasteiger partial charge is 0.347 e. The van der Waals surface area contributed by atoms with Crippen LogP contribution < -0.4 is 10.6 Å². The molecule has 2 heterocycles. The maximum atomic E-state index is 13.9. The standard InChI is InChI=1S/C28H39N5O2/c1-17(2)29-26(35)32-14-15-33-21(16-32)22(30-23(33)19-10-8-7-9-11-19)24(34)31-25-27(4,5)20-12-13-28(25,6)18(20)3/h7-11,17-18,20,25H,12-16H2,1-6H3,(H,29,35)(H,31,34)/t18-,20?,25?,28?/m0/s1. The van der Waals surface area contributed by atoms with Gasteiger partial charge in [0.1, 0.15) is 5.82 Å². The Labute approximate surface area is 208 Å². The first-order chi connectivity index (χ1) is 16.5. The fourth-order valence-corrected chi connectivity index (χ4v) is 7.31. The lowest BCUT2D eigenvalue weighted by Crippen LogP contribution is -2.53. The molecule has 3 unspecified atom stereocenters. The summed E-state index contributed by atoms with van der Waals surface area (Å²) in [4.78, 5) is 33.4. The lowest BCUT2D eigenvalue weighted by molar-refractivity contribution is 0.0725. The fraction of sp³-hybridized carbons (Fsp3) is 0.607. The van der Waals surface area contributed by atoms with Crippen LogP contribution in [0.2, 0.25) is 0 Å². The number of urea groups is 1. The van der Waals surface area contributed by atoms with Crippen molar-refractivity contribution in [2.45, 2.75) is 79.6 Å². The summed E-state index contributed by atoms with van der Waals surface area (Å²) in [7, 11) is 0. The molecule has 4 atom stereocenters. The molecule has 188 valence electrons. The molecular weight excluding hydrogens is 438 g/mol. The van der Waals surface area contributed by atoms with Gasteiger partial charge in [-0.25, -0.2) is 9.78 Å². The summed E-state index contributed by atoms with van der Waals surface area (Å²) in [6, 6.07) is 10.1. The monoisotopic (exact) mass is 477 g/mol. The quantitative estimate of drug-likeness (QED) is 0.671. The minimum absolute atomic E-state index is 0.0350. The number of amides is 3. The van der Waals surface area contributed by atoms with Crippen molar-refractivity contribution in [1.82, 2.24) is 25.1 Å². The smallest absolute Gasteiger partial charge is 0.318 e. The van der Waals surface area contributed by atoms with E-state index in [9.17, 15) is 9.59 Å². The van der Waals surface area contributed by atoms with Crippen molar-refractivity contribution in [3.05, 3.63) is 41.7 Å². The molecule has 0 radical (unpaired) electrons. The zero-order valence-corrected chi connectivity index (χ0v) is 21.9. The Morgan fingerprint density at radius 3 is 2.46 bits per heavy atom. The molecule has 5 rings (SSSR count). The van der Waals surface area contributed by atoms with Crippen LogP contribution >= 0.6 is 0 Å². The predicted octanol–water partition coefficient (Wildman–Crippen LogP) is 4.67. The van der Waals surface area contributed by atoms with E-state index in [4.69, 9.17) is 4.98 Å². The van der Waals surface area contributed by atoms with Gasteiger partial charge in [0.2, 0.25) is 0 Å². The second-order valence-electron chi connectivity index (χ2n) is 11.9. The zero-order valence-electron chi connectivity index (χ0n) is 21.9. The third-order valence-electron chi connectivity index (χ3n) is 9.23. The van der Waals surface area contributed by atoms with E-state index in [0.29, 0.717) is 37.2 Å². The van der Waals surface area contributed by atoms with Gasteiger partial charge in [0.25, 0.3) is 5.91 Å². The van der Waals surface area contributed by atoms with Crippen molar-refractivity contribution < 1.29 is 9.59 Å². The van der Waals surface area contributed by atoms with Crippen molar-refractivity contribution in [3.8, 4) is 11.4 Å². The molecule has 3 aliphatic rings. The molecule has 2 saturated carbocycles. The third-order valence-corrected chi connectivity index (χ3v) is 9.23. The number of benzene rings is 1. The topological polar surface area (TPSA) is 79.3 Å². The van der Waals surface area contributed by atoms with Gasteiger partial charge in [-0.2, -0.15) is 0 Å². The first-order valence-electron chi connectivity index (χ1n) is 13.0. The lowest BCUT2D eigenvalue weighted by Gasteiger charge is -2.43. The summed E-state index contributed by atoms with van der Waals surface area (Å²) in [5.41, 5.74) is 2.36.